The predicted octanol–water partition coefficient (Wildman–Crippen LogP) is 5.52. The fraction of sp³-hybridized carbons (Fsp3) is 0.833. The molecule has 0 bridgehead atoms. The number of imidazole rings is 1. The molecule has 0 saturated heterocycles. The zero-order valence-electron chi connectivity index (χ0n) is 14.7. The molecule has 1 atom stereocenters. The first-order chi connectivity index (χ1) is 9.35. The number of rotatable bonds is 8. The van der Waals surface area contributed by atoms with E-state index in [0.717, 1.165) is 6.54 Å². The molecule has 2 nitrogen and oxygen atoms in total. The lowest BCUT2D eigenvalue weighted by Gasteiger charge is -2.29. The van der Waals surface area contributed by atoms with E-state index in [9.17, 15) is 0 Å². The molecule has 116 valence electrons. The summed E-state index contributed by atoms with van der Waals surface area (Å²) in [7, 11) is 0. The monoisotopic (exact) mass is 278 g/mol. The topological polar surface area (TPSA) is 17.8 Å². The van der Waals surface area contributed by atoms with Gasteiger partial charge in [-0.3, -0.25) is 0 Å². The van der Waals surface area contributed by atoms with Gasteiger partial charge in [0, 0.05) is 23.6 Å². The van der Waals surface area contributed by atoms with E-state index < -0.39 is 0 Å². The molecular formula is C18H34N2. The second-order valence-corrected chi connectivity index (χ2v) is 7.19. The highest BCUT2D eigenvalue weighted by Crippen LogP contribution is 2.36. The molecule has 1 aromatic rings. The van der Waals surface area contributed by atoms with Crippen molar-refractivity contribution in [2.75, 3.05) is 0 Å². The van der Waals surface area contributed by atoms with Crippen LogP contribution in [0, 0.1) is 5.92 Å². The van der Waals surface area contributed by atoms with Gasteiger partial charge < -0.3 is 4.57 Å². The molecule has 1 rings (SSSR count). The van der Waals surface area contributed by atoms with Gasteiger partial charge in [-0.15, -0.1) is 0 Å². The van der Waals surface area contributed by atoms with Gasteiger partial charge in [0.05, 0.1) is 12.0 Å². The third kappa shape index (κ3) is 3.86. The maximum absolute atomic E-state index is 4.80. The van der Waals surface area contributed by atoms with Gasteiger partial charge in [-0.25, -0.2) is 4.98 Å². The van der Waals surface area contributed by atoms with Gasteiger partial charge >= 0.3 is 0 Å². The molecule has 0 N–H and O–H groups in total. The molecule has 0 aliphatic heterocycles. The van der Waals surface area contributed by atoms with Crippen molar-refractivity contribution in [3.63, 3.8) is 0 Å². The SMILES string of the molecule is CCCCn1cnc(C(C)C(C)C)c1C(C)(C)CCC. The molecule has 1 aromatic heterocycles. The van der Waals surface area contributed by atoms with Crippen molar-refractivity contribution in [3.8, 4) is 0 Å². The van der Waals surface area contributed by atoms with Crippen molar-refractivity contribution in [3.05, 3.63) is 17.7 Å². The van der Waals surface area contributed by atoms with E-state index >= 15 is 0 Å². The molecule has 2 heteroatoms. The third-order valence-corrected chi connectivity index (χ3v) is 4.57. The second kappa shape index (κ2) is 7.28. The fourth-order valence-corrected chi connectivity index (χ4v) is 3.02. The summed E-state index contributed by atoms with van der Waals surface area (Å²) in [6, 6.07) is 0. The van der Waals surface area contributed by atoms with Gasteiger partial charge in [-0.2, -0.15) is 0 Å². The van der Waals surface area contributed by atoms with Crippen LogP contribution in [0.5, 0.6) is 0 Å². The van der Waals surface area contributed by atoms with Gasteiger partial charge in [0.25, 0.3) is 0 Å². The Morgan fingerprint density at radius 3 is 2.30 bits per heavy atom. The Balaban J connectivity index is 3.21. The van der Waals surface area contributed by atoms with Crippen molar-refractivity contribution in [1.82, 2.24) is 9.55 Å². The van der Waals surface area contributed by atoms with Crippen LogP contribution in [0.25, 0.3) is 0 Å². The van der Waals surface area contributed by atoms with Gasteiger partial charge in [0.1, 0.15) is 0 Å². The molecule has 1 heterocycles. The van der Waals surface area contributed by atoms with Crippen molar-refractivity contribution < 1.29 is 0 Å². The molecule has 0 spiro atoms. The Morgan fingerprint density at radius 2 is 1.80 bits per heavy atom. The summed E-state index contributed by atoms with van der Waals surface area (Å²) in [6.45, 7) is 17.3. The van der Waals surface area contributed by atoms with Crippen molar-refractivity contribution >= 4 is 0 Å². The fourth-order valence-electron chi connectivity index (χ4n) is 3.02. The van der Waals surface area contributed by atoms with Crippen LogP contribution in [0.4, 0.5) is 0 Å². The quantitative estimate of drug-likeness (QED) is 0.612. The van der Waals surface area contributed by atoms with Crippen LogP contribution in [0.2, 0.25) is 0 Å². The summed E-state index contributed by atoms with van der Waals surface area (Å²) >= 11 is 0. The molecule has 0 aliphatic carbocycles. The number of hydrogen-bond donors (Lipinski definition) is 0. The summed E-state index contributed by atoms with van der Waals surface area (Å²) in [5.41, 5.74) is 3.03. The zero-order valence-corrected chi connectivity index (χ0v) is 14.7. The number of nitrogens with zero attached hydrogens (tertiary/aromatic N) is 2. The van der Waals surface area contributed by atoms with Crippen LogP contribution >= 0.6 is 0 Å². The maximum atomic E-state index is 4.80. The van der Waals surface area contributed by atoms with E-state index in [1.807, 2.05) is 0 Å². The third-order valence-electron chi connectivity index (χ3n) is 4.57. The number of aryl methyl sites for hydroxylation is 1. The Morgan fingerprint density at radius 1 is 1.15 bits per heavy atom. The Hall–Kier alpha value is -0.790. The first-order valence-corrected chi connectivity index (χ1v) is 8.40. The van der Waals surface area contributed by atoms with E-state index in [2.05, 4.69) is 59.4 Å². The van der Waals surface area contributed by atoms with Gasteiger partial charge in [-0.05, 0) is 18.8 Å². The lowest BCUT2D eigenvalue weighted by molar-refractivity contribution is 0.415. The van der Waals surface area contributed by atoms with Crippen molar-refractivity contribution in [2.24, 2.45) is 5.92 Å². The van der Waals surface area contributed by atoms with E-state index in [1.165, 1.54) is 37.1 Å². The molecule has 0 aromatic carbocycles. The first kappa shape index (κ1) is 17.3. The Bertz CT molecular complexity index is 402. The highest BCUT2D eigenvalue weighted by molar-refractivity contribution is 5.26. The van der Waals surface area contributed by atoms with Gasteiger partial charge in [-0.1, -0.05) is 61.3 Å². The van der Waals surface area contributed by atoms with Crippen LogP contribution in [-0.4, -0.2) is 9.55 Å². The van der Waals surface area contributed by atoms with Crippen molar-refractivity contribution in [1.29, 1.82) is 0 Å². The van der Waals surface area contributed by atoms with Crippen LogP contribution < -0.4 is 0 Å². The largest absolute Gasteiger partial charge is 0.334 e. The van der Waals surface area contributed by atoms with E-state index in [-0.39, 0.29) is 5.41 Å². The minimum Gasteiger partial charge on any atom is -0.334 e. The molecule has 0 aliphatic rings. The lowest BCUT2D eigenvalue weighted by atomic mass is 9.79. The standard InChI is InChI=1S/C18H34N2/c1-8-10-12-20-13-19-16(15(5)14(3)4)17(20)18(6,7)11-9-2/h13-15H,8-12H2,1-7H3. The molecule has 0 saturated carbocycles. The Kier molecular flexibility index (Phi) is 6.29. The summed E-state index contributed by atoms with van der Waals surface area (Å²) in [5, 5.41) is 0. The maximum Gasteiger partial charge on any atom is 0.0951 e. The number of hydrogen-bond acceptors (Lipinski definition) is 1. The van der Waals surface area contributed by atoms with E-state index in [1.54, 1.807) is 0 Å². The van der Waals surface area contributed by atoms with E-state index in [4.69, 9.17) is 4.98 Å². The summed E-state index contributed by atoms with van der Waals surface area (Å²) in [4.78, 5) is 4.80. The highest BCUT2D eigenvalue weighted by Gasteiger charge is 2.30. The summed E-state index contributed by atoms with van der Waals surface area (Å²) < 4.78 is 2.42. The average molecular weight is 278 g/mol. The molecule has 1 unspecified atom stereocenters. The zero-order chi connectivity index (χ0) is 15.3. The van der Waals surface area contributed by atoms with Crippen LogP contribution in [0.15, 0.2) is 6.33 Å². The normalized spacial score (nSPS) is 14.0. The van der Waals surface area contributed by atoms with E-state index in [0.29, 0.717) is 11.8 Å². The molecule has 0 fully saturated rings. The van der Waals surface area contributed by atoms with Gasteiger partial charge in [0.15, 0.2) is 0 Å². The minimum absolute atomic E-state index is 0.220. The number of unbranched alkanes of at least 4 members (excludes halogenated alkanes) is 1. The van der Waals surface area contributed by atoms with Crippen LogP contribution in [0.3, 0.4) is 0 Å². The predicted molar refractivity (Wildman–Crippen MR) is 88.3 cm³/mol. The second-order valence-electron chi connectivity index (χ2n) is 7.19. The molecule has 0 amide bonds. The molecular weight excluding hydrogens is 244 g/mol. The Labute approximate surface area is 126 Å². The van der Waals surface area contributed by atoms with Crippen LogP contribution in [-0.2, 0) is 12.0 Å². The first-order valence-electron chi connectivity index (χ1n) is 8.40. The van der Waals surface area contributed by atoms with Gasteiger partial charge in [0.2, 0.25) is 0 Å². The minimum atomic E-state index is 0.220. The average Bonchev–Trinajstić information content (AvgIpc) is 2.79. The molecule has 20 heavy (non-hydrogen) atoms. The summed E-state index contributed by atoms with van der Waals surface area (Å²) in [6.07, 6.45) is 7.00. The lowest BCUT2D eigenvalue weighted by Crippen LogP contribution is -2.24. The highest BCUT2D eigenvalue weighted by atomic mass is 15.1. The van der Waals surface area contributed by atoms with Crippen LogP contribution in [0.1, 0.15) is 91.5 Å². The van der Waals surface area contributed by atoms with Crippen molar-refractivity contribution in [2.45, 2.75) is 92.0 Å². The number of aromatic nitrogens is 2. The summed E-state index contributed by atoms with van der Waals surface area (Å²) in [5.74, 6) is 1.17. The molecule has 0 radical (unpaired) electrons. The smallest absolute Gasteiger partial charge is 0.0951 e.